The summed E-state index contributed by atoms with van der Waals surface area (Å²) in [7, 11) is 0. The number of aryl methyl sites for hydroxylation is 1. The van der Waals surface area contributed by atoms with Crippen molar-refractivity contribution in [1.82, 2.24) is 0 Å². The maximum atomic E-state index is 11.2. The molecule has 0 fully saturated rings. The van der Waals surface area contributed by atoms with Gasteiger partial charge >= 0.3 is 0 Å². The second kappa shape index (κ2) is 4.12. The lowest BCUT2D eigenvalue weighted by Gasteiger charge is -1.96. The Balaban J connectivity index is 2.82. The molecule has 2 heteroatoms. The predicted octanol–water partition coefficient (Wildman–Crippen LogP) is 3.01. The molecule has 0 radical (unpaired) electrons. The van der Waals surface area contributed by atoms with E-state index < -0.39 is 0 Å². The van der Waals surface area contributed by atoms with E-state index >= 15 is 0 Å². The largest absolute Gasteiger partial charge is 0.281 e. The molecule has 0 heterocycles. The van der Waals surface area contributed by atoms with E-state index in [2.05, 4.69) is 6.58 Å². The summed E-state index contributed by atoms with van der Waals surface area (Å²) in [5.74, 6) is 0. The van der Waals surface area contributed by atoms with Gasteiger partial charge in [0, 0.05) is 5.56 Å². The van der Waals surface area contributed by atoms with Crippen LogP contribution in [0.3, 0.4) is 0 Å². The number of thioether (sulfide) groups is 1. The van der Waals surface area contributed by atoms with Gasteiger partial charge in [-0.2, -0.15) is 0 Å². The van der Waals surface area contributed by atoms with Gasteiger partial charge in [0.1, 0.15) is 0 Å². The monoisotopic (exact) mass is 178 g/mol. The molecule has 0 aliphatic rings. The van der Waals surface area contributed by atoms with Crippen molar-refractivity contribution >= 4 is 16.9 Å². The van der Waals surface area contributed by atoms with Gasteiger partial charge in [-0.3, -0.25) is 4.79 Å². The van der Waals surface area contributed by atoms with E-state index in [1.807, 2.05) is 31.2 Å². The van der Waals surface area contributed by atoms with Gasteiger partial charge in [-0.1, -0.05) is 48.2 Å². The first kappa shape index (κ1) is 9.07. The fourth-order valence-corrected chi connectivity index (χ4v) is 1.26. The highest BCUT2D eigenvalue weighted by Crippen LogP contribution is 2.13. The molecule has 12 heavy (non-hydrogen) atoms. The number of rotatable bonds is 2. The highest BCUT2D eigenvalue weighted by atomic mass is 32.2. The zero-order valence-corrected chi connectivity index (χ0v) is 7.73. The van der Waals surface area contributed by atoms with E-state index in [1.165, 1.54) is 0 Å². The number of carbonyl (C=O) groups excluding carboxylic acids is 1. The average molecular weight is 178 g/mol. The van der Waals surface area contributed by atoms with Crippen molar-refractivity contribution in [2.75, 3.05) is 0 Å². The predicted molar refractivity (Wildman–Crippen MR) is 53.3 cm³/mol. The summed E-state index contributed by atoms with van der Waals surface area (Å²) in [6.45, 7) is 5.48. The van der Waals surface area contributed by atoms with Crippen molar-refractivity contribution in [1.29, 1.82) is 0 Å². The van der Waals surface area contributed by atoms with Gasteiger partial charge in [0.15, 0.2) is 0 Å². The highest BCUT2D eigenvalue weighted by molar-refractivity contribution is 8.16. The normalized spacial score (nSPS) is 9.42. The standard InChI is InChI=1S/C10H10OS/c1-3-12-10(11)9-6-4-8(2)5-7-9/h3-7H,1H2,2H3. The van der Waals surface area contributed by atoms with Gasteiger partial charge in [0.25, 0.3) is 0 Å². The molecule has 0 aromatic heterocycles. The third kappa shape index (κ3) is 2.24. The molecule has 0 N–H and O–H groups in total. The van der Waals surface area contributed by atoms with Crippen LogP contribution >= 0.6 is 11.8 Å². The molecule has 0 saturated heterocycles. The average Bonchev–Trinajstić information content (AvgIpc) is 2.06. The smallest absolute Gasteiger partial charge is 0.223 e. The van der Waals surface area contributed by atoms with Crippen molar-refractivity contribution in [3.8, 4) is 0 Å². The first-order valence-corrected chi connectivity index (χ1v) is 4.50. The highest BCUT2D eigenvalue weighted by Gasteiger charge is 2.02. The summed E-state index contributed by atoms with van der Waals surface area (Å²) in [4.78, 5) is 11.2. The van der Waals surface area contributed by atoms with Crippen LogP contribution in [-0.4, -0.2) is 5.12 Å². The molecule has 0 saturated carbocycles. The summed E-state index contributed by atoms with van der Waals surface area (Å²) in [6, 6.07) is 7.51. The van der Waals surface area contributed by atoms with Crippen LogP contribution in [0.1, 0.15) is 15.9 Å². The van der Waals surface area contributed by atoms with Crippen molar-refractivity contribution in [3.05, 3.63) is 47.4 Å². The Morgan fingerprint density at radius 3 is 2.50 bits per heavy atom. The molecule has 0 aliphatic carbocycles. The zero-order chi connectivity index (χ0) is 8.97. The summed E-state index contributed by atoms with van der Waals surface area (Å²) < 4.78 is 0. The Morgan fingerprint density at radius 1 is 1.42 bits per heavy atom. The van der Waals surface area contributed by atoms with Crippen LogP contribution in [0.5, 0.6) is 0 Å². The third-order valence-corrected chi connectivity index (χ3v) is 2.09. The third-order valence-electron chi connectivity index (χ3n) is 1.48. The van der Waals surface area contributed by atoms with Crippen molar-refractivity contribution < 1.29 is 4.79 Å². The zero-order valence-electron chi connectivity index (χ0n) is 6.91. The maximum Gasteiger partial charge on any atom is 0.223 e. The lowest BCUT2D eigenvalue weighted by Crippen LogP contribution is -1.90. The Hall–Kier alpha value is -1.02. The van der Waals surface area contributed by atoms with Crippen LogP contribution < -0.4 is 0 Å². The van der Waals surface area contributed by atoms with Gasteiger partial charge < -0.3 is 0 Å². The van der Waals surface area contributed by atoms with E-state index in [9.17, 15) is 4.79 Å². The molecule has 0 bridgehead atoms. The second-order valence-corrected chi connectivity index (χ2v) is 3.38. The minimum absolute atomic E-state index is 0.0463. The van der Waals surface area contributed by atoms with E-state index in [4.69, 9.17) is 0 Å². The lowest BCUT2D eigenvalue weighted by atomic mass is 10.2. The molecule has 0 atom stereocenters. The molecule has 1 aromatic carbocycles. The molecular weight excluding hydrogens is 168 g/mol. The van der Waals surface area contributed by atoms with Crippen LogP contribution in [0.15, 0.2) is 36.3 Å². The Kier molecular flexibility index (Phi) is 3.11. The molecule has 0 aliphatic heterocycles. The minimum Gasteiger partial charge on any atom is -0.281 e. The Labute approximate surface area is 76.5 Å². The first-order valence-electron chi connectivity index (χ1n) is 3.62. The van der Waals surface area contributed by atoms with Crippen LogP contribution in [0.25, 0.3) is 0 Å². The van der Waals surface area contributed by atoms with Crippen molar-refractivity contribution in [2.24, 2.45) is 0 Å². The molecular formula is C10H10OS. The molecule has 0 unspecified atom stereocenters. The van der Waals surface area contributed by atoms with Crippen LogP contribution in [-0.2, 0) is 0 Å². The summed E-state index contributed by atoms with van der Waals surface area (Å²) >= 11 is 1.12. The van der Waals surface area contributed by atoms with Crippen molar-refractivity contribution in [2.45, 2.75) is 6.92 Å². The lowest BCUT2D eigenvalue weighted by molar-refractivity contribution is 0.109. The van der Waals surface area contributed by atoms with Crippen LogP contribution in [0.4, 0.5) is 0 Å². The fraction of sp³-hybridized carbons (Fsp3) is 0.100. The number of hydrogen-bond acceptors (Lipinski definition) is 2. The Bertz CT molecular complexity index is 287. The molecule has 62 valence electrons. The first-order chi connectivity index (χ1) is 5.74. The fourth-order valence-electron chi connectivity index (χ4n) is 0.833. The molecule has 0 spiro atoms. The van der Waals surface area contributed by atoms with Gasteiger partial charge in [0.2, 0.25) is 5.12 Å². The summed E-state index contributed by atoms with van der Waals surface area (Å²) in [5, 5.41) is 1.59. The second-order valence-electron chi connectivity index (χ2n) is 2.44. The summed E-state index contributed by atoms with van der Waals surface area (Å²) in [6.07, 6.45) is 0. The molecule has 1 rings (SSSR count). The maximum absolute atomic E-state index is 11.2. The van der Waals surface area contributed by atoms with Gasteiger partial charge in [-0.25, -0.2) is 0 Å². The number of hydrogen-bond donors (Lipinski definition) is 0. The minimum atomic E-state index is 0.0463. The van der Waals surface area contributed by atoms with Gasteiger partial charge in [-0.15, -0.1) is 0 Å². The molecule has 0 amide bonds. The SMILES string of the molecule is C=CSC(=O)c1ccc(C)cc1. The number of benzene rings is 1. The van der Waals surface area contributed by atoms with E-state index in [0.717, 1.165) is 22.9 Å². The summed E-state index contributed by atoms with van der Waals surface area (Å²) in [5.41, 5.74) is 1.89. The molecule has 1 nitrogen and oxygen atoms in total. The van der Waals surface area contributed by atoms with E-state index in [0.29, 0.717) is 0 Å². The number of carbonyl (C=O) groups is 1. The molecule has 1 aromatic rings. The van der Waals surface area contributed by atoms with Crippen LogP contribution in [0, 0.1) is 6.92 Å². The topological polar surface area (TPSA) is 17.1 Å². The van der Waals surface area contributed by atoms with Gasteiger partial charge in [-0.05, 0) is 12.3 Å². The van der Waals surface area contributed by atoms with E-state index in [1.54, 1.807) is 5.41 Å². The van der Waals surface area contributed by atoms with Crippen LogP contribution in [0.2, 0.25) is 0 Å². The van der Waals surface area contributed by atoms with Crippen molar-refractivity contribution in [3.63, 3.8) is 0 Å². The van der Waals surface area contributed by atoms with Gasteiger partial charge in [0.05, 0.1) is 0 Å². The Morgan fingerprint density at radius 2 is 2.00 bits per heavy atom. The van der Waals surface area contributed by atoms with E-state index in [-0.39, 0.29) is 5.12 Å². The quantitative estimate of drug-likeness (QED) is 0.692.